The highest BCUT2D eigenvalue weighted by atomic mass is 16.5. The van der Waals surface area contributed by atoms with Crippen LogP contribution in [0.5, 0.6) is 5.88 Å². The van der Waals surface area contributed by atoms with Crippen molar-refractivity contribution in [1.29, 1.82) is 0 Å². The molecule has 0 radical (unpaired) electrons. The zero-order valence-corrected chi connectivity index (χ0v) is 11.1. The smallest absolute Gasteiger partial charge is 0.213 e. The predicted octanol–water partition coefficient (Wildman–Crippen LogP) is 2.17. The Balaban J connectivity index is 2.47. The number of imidazole rings is 1. The molecule has 5 nitrogen and oxygen atoms in total. The largest absolute Gasteiger partial charge is 0.481 e. The number of pyridine rings is 1. The maximum absolute atomic E-state index is 5.16. The number of aromatic nitrogens is 3. The summed E-state index contributed by atoms with van der Waals surface area (Å²) in [7, 11) is 3.27. The fraction of sp³-hybridized carbons (Fsp3) is 0.385. The number of nitrogens with zero attached hydrogens (tertiary/aromatic N) is 3. The van der Waals surface area contributed by atoms with Crippen LogP contribution in [-0.4, -0.2) is 28.8 Å². The Kier molecular flexibility index (Phi) is 3.62. The van der Waals surface area contributed by atoms with Crippen molar-refractivity contribution in [1.82, 2.24) is 14.5 Å². The van der Waals surface area contributed by atoms with Gasteiger partial charge in [0.1, 0.15) is 18.2 Å². The van der Waals surface area contributed by atoms with Gasteiger partial charge in [-0.15, -0.1) is 0 Å². The van der Waals surface area contributed by atoms with E-state index < -0.39 is 0 Å². The summed E-state index contributed by atoms with van der Waals surface area (Å²) in [6.07, 6.45) is 0. The fourth-order valence-electron chi connectivity index (χ4n) is 1.90. The van der Waals surface area contributed by atoms with Crippen LogP contribution in [0.25, 0.3) is 11.4 Å². The van der Waals surface area contributed by atoms with Gasteiger partial charge in [0.25, 0.3) is 0 Å². The SMILES string of the molecule is COCn1c(C)nc(-c2cccc(OC)n2)c1C. The molecule has 2 aromatic heterocycles. The molecule has 0 unspecified atom stereocenters. The summed E-state index contributed by atoms with van der Waals surface area (Å²) < 4.78 is 12.3. The third-order valence-corrected chi connectivity index (χ3v) is 2.85. The molecule has 18 heavy (non-hydrogen) atoms. The van der Waals surface area contributed by atoms with Gasteiger partial charge < -0.3 is 14.0 Å². The molecule has 0 saturated carbocycles. The number of rotatable bonds is 4. The van der Waals surface area contributed by atoms with E-state index in [2.05, 4.69) is 9.97 Å². The Hall–Kier alpha value is -1.88. The number of methoxy groups -OCH3 is 2. The molecule has 0 bridgehead atoms. The fourth-order valence-corrected chi connectivity index (χ4v) is 1.90. The van der Waals surface area contributed by atoms with Gasteiger partial charge in [-0.2, -0.15) is 0 Å². The summed E-state index contributed by atoms with van der Waals surface area (Å²) >= 11 is 0. The van der Waals surface area contributed by atoms with Gasteiger partial charge in [0.05, 0.1) is 12.8 Å². The first-order chi connectivity index (χ1) is 8.67. The Morgan fingerprint density at radius 3 is 2.61 bits per heavy atom. The molecule has 2 aromatic rings. The molecule has 0 N–H and O–H groups in total. The minimum absolute atomic E-state index is 0.495. The standard InChI is InChI=1S/C13H17N3O2/c1-9-13(14-10(2)16(9)8-17-3)11-6-5-7-12(15-11)18-4/h5-7H,8H2,1-4H3. The lowest BCUT2D eigenvalue weighted by atomic mass is 10.2. The quantitative estimate of drug-likeness (QED) is 0.830. The minimum Gasteiger partial charge on any atom is -0.481 e. The van der Waals surface area contributed by atoms with Gasteiger partial charge in [0, 0.05) is 18.9 Å². The van der Waals surface area contributed by atoms with Gasteiger partial charge in [0.15, 0.2) is 0 Å². The Morgan fingerprint density at radius 2 is 1.94 bits per heavy atom. The van der Waals surface area contributed by atoms with Crippen LogP contribution in [0.4, 0.5) is 0 Å². The lowest BCUT2D eigenvalue weighted by Gasteiger charge is -2.06. The third kappa shape index (κ3) is 2.22. The van der Waals surface area contributed by atoms with E-state index in [9.17, 15) is 0 Å². The number of ether oxygens (including phenoxy) is 2. The highest BCUT2D eigenvalue weighted by molar-refractivity contribution is 5.58. The molecule has 0 aliphatic rings. The van der Waals surface area contributed by atoms with E-state index in [1.54, 1.807) is 14.2 Å². The lowest BCUT2D eigenvalue weighted by molar-refractivity contribution is 0.128. The van der Waals surface area contributed by atoms with Gasteiger partial charge in [-0.05, 0) is 19.9 Å². The number of hydrogen-bond donors (Lipinski definition) is 0. The molecule has 0 saturated heterocycles. The summed E-state index contributed by atoms with van der Waals surface area (Å²) in [4.78, 5) is 8.94. The summed E-state index contributed by atoms with van der Waals surface area (Å²) in [5, 5.41) is 0. The molecular formula is C13H17N3O2. The molecule has 0 fully saturated rings. The Labute approximate surface area is 106 Å². The second kappa shape index (κ2) is 5.18. The average molecular weight is 247 g/mol. The minimum atomic E-state index is 0.495. The highest BCUT2D eigenvalue weighted by Crippen LogP contribution is 2.23. The Morgan fingerprint density at radius 1 is 1.17 bits per heavy atom. The topological polar surface area (TPSA) is 49.2 Å². The molecule has 0 aliphatic heterocycles. The van der Waals surface area contributed by atoms with E-state index in [4.69, 9.17) is 9.47 Å². The lowest BCUT2D eigenvalue weighted by Crippen LogP contribution is -2.04. The van der Waals surface area contributed by atoms with Crippen molar-refractivity contribution in [3.05, 3.63) is 29.7 Å². The van der Waals surface area contributed by atoms with Crippen LogP contribution in [0.2, 0.25) is 0 Å². The van der Waals surface area contributed by atoms with Gasteiger partial charge >= 0.3 is 0 Å². The molecular weight excluding hydrogens is 230 g/mol. The number of hydrogen-bond acceptors (Lipinski definition) is 4. The van der Waals surface area contributed by atoms with E-state index in [1.807, 2.05) is 36.6 Å². The van der Waals surface area contributed by atoms with Crippen LogP contribution < -0.4 is 4.74 Å². The highest BCUT2D eigenvalue weighted by Gasteiger charge is 2.13. The second-order valence-corrected chi connectivity index (χ2v) is 4.00. The molecule has 0 amide bonds. The van der Waals surface area contributed by atoms with Crippen molar-refractivity contribution < 1.29 is 9.47 Å². The van der Waals surface area contributed by atoms with Crippen LogP contribution in [0, 0.1) is 13.8 Å². The first-order valence-electron chi connectivity index (χ1n) is 5.71. The maximum atomic E-state index is 5.16. The first kappa shape index (κ1) is 12.6. The second-order valence-electron chi connectivity index (χ2n) is 4.00. The van der Waals surface area contributed by atoms with Crippen LogP contribution in [0.15, 0.2) is 18.2 Å². The molecule has 2 heterocycles. The summed E-state index contributed by atoms with van der Waals surface area (Å²) in [6, 6.07) is 5.65. The van der Waals surface area contributed by atoms with E-state index in [1.165, 1.54) is 0 Å². The van der Waals surface area contributed by atoms with E-state index in [-0.39, 0.29) is 0 Å². The summed E-state index contributed by atoms with van der Waals surface area (Å²) in [5.74, 6) is 1.50. The molecule has 0 aromatic carbocycles. The van der Waals surface area contributed by atoms with Gasteiger partial charge in [-0.3, -0.25) is 0 Å². The van der Waals surface area contributed by atoms with E-state index >= 15 is 0 Å². The van der Waals surface area contributed by atoms with Crippen LogP contribution >= 0.6 is 0 Å². The zero-order valence-electron chi connectivity index (χ0n) is 11.1. The molecule has 0 atom stereocenters. The van der Waals surface area contributed by atoms with Crippen LogP contribution in [0.3, 0.4) is 0 Å². The van der Waals surface area contributed by atoms with Crippen molar-refractivity contribution >= 4 is 0 Å². The van der Waals surface area contributed by atoms with Gasteiger partial charge in [-0.1, -0.05) is 6.07 Å². The zero-order chi connectivity index (χ0) is 13.1. The van der Waals surface area contributed by atoms with Crippen molar-refractivity contribution in [3.8, 4) is 17.3 Å². The van der Waals surface area contributed by atoms with E-state index in [0.717, 1.165) is 22.9 Å². The normalized spacial score (nSPS) is 10.7. The summed E-state index contributed by atoms with van der Waals surface area (Å²) in [5.41, 5.74) is 2.71. The molecule has 96 valence electrons. The Bertz CT molecular complexity index is 549. The molecule has 2 rings (SSSR count). The maximum Gasteiger partial charge on any atom is 0.213 e. The van der Waals surface area contributed by atoms with Crippen molar-refractivity contribution in [2.75, 3.05) is 14.2 Å². The summed E-state index contributed by atoms with van der Waals surface area (Å²) in [6.45, 7) is 4.46. The van der Waals surface area contributed by atoms with Gasteiger partial charge in [-0.25, -0.2) is 9.97 Å². The predicted molar refractivity (Wildman–Crippen MR) is 68.5 cm³/mol. The van der Waals surface area contributed by atoms with Crippen LogP contribution in [0.1, 0.15) is 11.5 Å². The van der Waals surface area contributed by atoms with Crippen molar-refractivity contribution in [2.24, 2.45) is 0 Å². The molecule has 0 spiro atoms. The third-order valence-electron chi connectivity index (χ3n) is 2.85. The first-order valence-corrected chi connectivity index (χ1v) is 5.71. The monoisotopic (exact) mass is 247 g/mol. The molecule has 0 aliphatic carbocycles. The van der Waals surface area contributed by atoms with Crippen LogP contribution in [-0.2, 0) is 11.5 Å². The van der Waals surface area contributed by atoms with E-state index in [0.29, 0.717) is 12.6 Å². The van der Waals surface area contributed by atoms with Crippen molar-refractivity contribution in [3.63, 3.8) is 0 Å². The number of aryl methyl sites for hydroxylation is 1. The van der Waals surface area contributed by atoms with Gasteiger partial charge in [0.2, 0.25) is 5.88 Å². The van der Waals surface area contributed by atoms with Crippen molar-refractivity contribution in [2.45, 2.75) is 20.6 Å². The average Bonchev–Trinajstić information content (AvgIpc) is 2.67. The molecule has 5 heteroatoms.